The zero-order chi connectivity index (χ0) is 13.3. The molecule has 0 spiro atoms. The van der Waals surface area contributed by atoms with E-state index in [4.69, 9.17) is 10.5 Å². The van der Waals surface area contributed by atoms with E-state index >= 15 is 0 Å². The van der Waals surface area contributed by atoms with Gasteiger partial charge in [0.15, 0.2) is 0 Å². The second kappa shape index (κ2) is 4.82. The minimum Gasteiger partial charge on any atom is -0.496 e. The third-order valence-corrected chi connectivity index (χ3v) is 3.28. The summed E-state index contributed by atoms with van der Waals surface area (Å²) in [6.07, 6.45) is 0. The Kier molecular flexibility index (Phi) is 3.39. The minimum absolute atomic E-state index is 0.488. The van der Waals surface area contributed by atoms with Gasteiger partial charge in [-0.15, -0.1) is 0 Å². The van der Waals surface area contributed by atoms with Gasteiger partial charge in [0.1, 0.15) is 5.75 Å². The number of aromatic amines is 1. The van der Waals surface area contributed by atoms with Crippen LogP contribution < -0.4 is 10.5 Å². The molecule has 0 atom stereocenters. The van der Waals surface area contributed by atoms with Gasteiger partial charge in [-0.05, 0) is 44.0 Å². The maximum atomic E-state index is 5.79. The lowest BCUT2D eigenvalue weighted by atomic mass is 9.98. The maximum Gasteiger partial charge on any atom is 0.122 e. The van der Waals surface area contributed by atoms with Crippen molar-refractivity contribution in [1.82, 2.24) is 10.2 Å². The van der Waals surface area contributed by atoms with Crippen LogP contribution in [0.3, 0.4) is 0 Å². The van der Waals surface area contributed by atoms with Crippen molar-refractivity contribution in [3.8, 4) is 17.0 Å². The van der Waals surface area contributed by atoms with Crippen molar-refractivity contribution in [2.75, 3.05) is 7.11 Å². The van der Waals surface area contributed by atoms with E-state index in [-0.39, 0.29) is 0 Å². The molecule has 1 aromatic carbocycles. The van der Waals surface area contributed by atoms with Crippen molar-refractivity contribution in [3.05, 3.63) is 34.5 Å². The van der Waals surface area contributed by atoms with E-state index in [0.717, 1.165) is 39.4 Å². The van der Waals surface area contributed by atoms with Gasteiger partial charge in [-0.25, -0.2) is 0 Å². The van der Waals surface area contributed by atoms with Crippen LogP contribution >= 0.6 is 0 Å². The van der Waals surface area contributed by atoms with Gasteiger partial charge >= 0.3 is 0 Å². The number of nitrogens with one attached hydrogen (secondary N) is 1. The number of hydrogen-bond donors (Lipinski definition) is 2. The molecule has 2 rings (SSSR count). The summed E-state index contributed by atoms with van der Waals surface area (Å²) >= 11 is 0. The Bertz CT molecular complexity index is 573. The number of aryl methyl sites for hydroxylation is 3. The first-order chi connectivity index (χ1) is 8.58. The monoisotopic (exact) mass is 245 g/mol. The number of benzene rings is 1. The first-order valence-electron chi connectivity index (χ1n) is 5.98. The average Bonchev–Trinajstić information content (AvgIpc) is 2.72. The van der Waals surface area contributed by atoms with Gasteiger partial charge in [0.2, 0.25) is 0 Å². The quantitative estimate of drug-likeness (QED) is 0.873. The van der Waals surface area contributed by atoms with Gasteiger partial charge in [-0.2, -0.15) is 5.10 Å². The molecule has 1 aromatic heterocycles. The number of nitrogens with two attached hydrogens (primary N) is 1. The highest BCUT2D eigenvalue weighted by molar-refractivity contribution is 5.69. The molecule has 4 nitrogen and oxygen atoms in total. The lowest BCUT2D eigenvalue weighted by Gasteiger charge is -2.11. The molecular formula is C14H19N3O. The Labute approximate surface area is 107 Å². The largest absolute Gasteiger partial charge is 0.496 e. The molecular weight excluding hydrogens is 226 g/mol. The molecule has 0 aliphatic carbocycles. The van der Waals surface area contributed by atoms with Crippen molar-refractivity contribution >= 4 is 0 Å². The van der Waals surface area contributed by atoms with E-state index in [1.165, 1.54) is 0 Å². The summed E-state index contributed by atoms with van der Waals surface area (Å²) in [4.78, 5) is 0. The number of ether oxygens (including phenoxy) is 1. The van der Waals surface area contributed by atoms with Crippen LogP contribution in [-0.2, 0) is 6.54 Å². The van der Waals surface area contributed by atoms with Gasteiger partial charge in [0.25, 0.3) is 0 Å². The number of hydrogen-bond acceptors (Lipinski definition) is 3. The van der Waals surface area contributed by atoms with Gasteiger partial charge in [0, 0.05) is 23.4 Å². The molecule has 4 heteroatoms. The first-order valence-corrected chi connectivity index (χ1v) is 5.98. The molecule has 0 saturated heterocycles. The Morgan fingerprint density at radius 2 is 1.94 bits per heavy atom. The zero-order valence-corrected chi connectivity index (χ0v) is 11.3. The Balaban J connectivity index is 2.60. The van der Waals surface area contributed by atoms with Crippen molar-refractivity contribution in [2.45, 2.75) is 27.3 Å². The second-order valence-electron chi connectivity index (χ2n) is 4.52. The average molecular weight is 245 g/mol. The van der Waals surface area contributed by atoms with Gasteiger partial charge < -0.3 is 10.5 Å². The Morgan fingerprint density at radius 1 is 1.22 bits per heavy atom. The van der Waals surface area contributed by atoms with Crippen molar-refractivity contribution in [1.29, 1.82) is 0 Å². The SMILES string of the molecule is COc1cc(C)c(-c2n[nH]c(C)c2CN)cc1C. The number of aromatic nitrogens is 2. The van der Waals surface area contributed by atoms with Crippen LogP contribution in [0.25, 0.3) is 11.3 Å². The van der Waals surface area contributed by atoms with Crippen molar-refractivity contribution in [2.24, 2.45) is 5.73 Å². The van der Waals surface area contributed by atoms with E-state index in [9.17, 15) is 0 Å². The van der Waals surface area contributed by atoms with E-state index in [0.29, 0.717) is 6.54 Å². The highest BCUT2D eigenvalue weighted by Gasteiger charge is 2.14. The summed E-state index contributed by atoms with van der Waals surface area (Å²) in [5, 5.41) is 7.37. The fourth-order valence-electron chi connectivity index (χ4n) is 2.19. The lowest BCUT2D eigenvalue weighted by Crippen LogP contribution is -2.00. The molecule has 96 valence electrons. The van der Waals surface area contributed by atoms with Crippen LogP contribution in [0.1, 0.15) is 22.4 Å². The molecule has 0 saturated carbocycles. The molecule has 0 aliphatic rings. The number of rotatable bonds is 3. The molecule has 3 N–H and O–H groups in total. The van der Waals surface area contributed by atoms with Gasteiger partial charge in [-0.3, -0.25) is 5.10 Å². The van der Waals surface area contributed by atoms with Crippen LogP contribution in [0.4, 0.5) is 0 Å². The van der Waals surface area contributed by atoms with E-state index in [2.05, 4.69) is 23.2 Å². The fourth-order valence-corrected chi connectivity index (χ4v) is 2.19. The number of nitrogens with zero attached hydrogens (tertiary/aromatic N) is 1. The first kappa shape index (κ1) is 12.6. The molecule has 1 heterocycles. The van der Waals surface area contributed by atoms with Gasteiger partial charge in [-0.1, -0.05) is 0 Å². The molecule has 0 aliphatic heterocycles. The summed E-state index contributed by atoms with van der Waals surface area (Å²) in [6, 6.07) is 4.14. The second-order valence-corrected chi connectivity index (χ2v) is 4.52. The predicted octanol–water partition coefficient (Wildman–Crippen LogP) is 2.47. The third kappa shape index (κ3) is 1.99. The summed E-state index contributed by atoms with van der Waals surface area (Å²) in [5.74, 6) is 0.901. The predicted molar refractivity (Wildman–Crippen MR) is 72.7 cm³/mol. The topological polar surface area (TPSA) is 63.9 Å². The third-order valence-electron chi connectivity index (χ3n) is 3.28. The Morgan fingerprint density at radius 3 is 2.56 bits per heavy atom. The smallest absolute Gasteiger partial charge is 0.122 e. The van der Waals surface area contributed by atoms with Gasteiger partial charge in [0.05, 0.1) is 12.8 Å². The molecule has 0 radical (unpaired) electrons. The standard InChI is InChI=1S/C14H19N3O/c1-8-6-13(18-4)9(2)5-11(8)14-12(7-15)10(3)16-17-14/h5-6H,7,15H2,1-4H3,(H,16,17). The highest BCUT2D eigenvalue weighted by atomic mass is 16.5. The van der Waals surface area contributed by atoms with Crippen molar-refractivity contribution in [3.63, 3.8) is 0 Å². The molecule has 0 unspecified atom stereocenters. The molecule has 0 fully saturated rings. The minimum atomic E-state index is 0.488. The summed E-state index contributed by atoms with van der Waals surface area (Å²) < 4.78 is 5.33. The normalized spacial score (nSPS) is 10.7. The number of methoxy groups -OCH3 is 1. The summed E-state index contributed by atoms with van der Waals surface area (Å²) in [6.45, 7) is 6.57. The summed E-state index contributed by atoms with van der Waals surface area (Å²) in [7, 11) is 1.69. The molecule has 2 aromatic rings. The van der Waals surface area contributed by atoms with Crippen molar-refractivity contribution < 1.29 is 4.74 Å². The van der Waals surface area contributed by atoms with Crippen LogP contribution in [0.15, 0.2) is 12.1 Å². The summed E-state index contributed by atoms with van der Waals surface area (Å²) in [5.41, 5.74) is 12.2. The van der Waals surface area contributed by atoms with E-state index in [1.54, 1.807) is 7.11 Å². The van der Waals surface area contributed by atoms with Crippen LogP contribution in [0.2, 0.25) is 0 Å². The maximum absolute atomic E-state index is 5.79. The van der Waals surface area contributed by atoms with E-state index in [1.807, 2.05) is 19.9 Å². The van der Waals surface area contributed by atoms with E-state index < -0.39 is 0 Å². The zero-order valence-electron chi connectivity index (χ0n) is 11.3. The highest BCUT2D eigenvalue weighted by Crippen LogP contribution is 2.31. The molecule has 0 amide bonds. The van der Waals surface area contributed by atoms with Crippen LogP contribution in [0, 0.1) is 20.8 Å². The fraction of sp³-hybridized carbons (Fsp3) is 0.357. The number of H-pyrrole nitrogens is 1. The molecule has 18 heavy (non-hydrogen) atoms. The van der Waals surface area contributed by atoms with Crippen LogP contribution in [0.5, 0.6) is 5.75 Å². The molecule has 0 bridgehead atoms. The Hall–Kier alpha value is -1.81. The van der Waals surface area contributed by atoms with Crippen LogP contribution in [-0.4, -0.2) is 17.3 Å². The lowest BCUT2D eigenvalue weighted by molar-refractivity contribution is 0.411.